The fourth-order valence-corrected chi connectivity index (χ4v) is 2.13. The zero-order valence-electron chi connectivity index (χ0n) is 13.2. The predicted molar refractivity (Wildman–Crippen MR) is 90.2 cm³/mol. The van der Waals surface area contributed by atoms with Crippen LogP contribution in [0.25, 0.3) is 0 Å². The summed E-state index contributed by atoms with van der Waals surface area (Å²) in [6.07, 6.45) is 1.58. The third-order valence-corrected chi connectivity index (χ3v) is 3.40. The molecule has 2 aromatic rings. The van der Waals surface area contributed by atoms with Crippen molar-refractivity contribution in [3.05, 3.63) is 56.7 Å². The van der Waals surface area contributed by atoms with Crippen LogP contribution in [0.15, 0.2) is 45.0 Å². The van der Waals surface area contributed by atoms with Gasteiger partial charge in [-0.3, -0.25) is 19.8 Å². The van der Waals surface area contributed by atoms with E-state index in [1.165, 1.54) is 0 Å². The van der Waals surface area contributed by atoms with Gasteiger partial charge in [-0.2, -0.15) is 5.10 Å². The molecule has 2 rings (SSSR count). The number of hydrogen-bond donors (Lipinski definition) is 3. The first-order valence-electron chi connectivity index (χ1n) is 7.46. The maximum Gasteiger partial charge on any atom is 0.331 e. The predicted octanol–water partition coefficient (Wildman–Crippen LogP) is 1.88. The van der Waals surface area contributed by atoms with Gasteiger partial charge in [0.15, 0.2) is 0 Å². The zero-order valence-corrected chi connectivity index (χ0v) is 13.2. The van der Waals surface area contributed by atoms with Gasteiger partial charge in [-0.15, -0.1) is 0 Å². The number of anilines is 1. The Hall–Kier alpha value is -2.83. The Morgan fingerprint density at radius 2 is 2.00 bits per heavy atom. The molecule has 0 spiro atoms. The molecule has 0 saturated heterocycles. The summed E-state index contributed by atoms with van der Waals surface area (Å²) < 4.78 is 1.15. The number of aromatic amines is 1. The molecule has 0 radical (unpaired) electrons. The Bertz CT molecular complexity index is 806. The van der Waals surface area contributed by atoms with Crippen LogP contribution in [0.4, 0.5) is 5.69 Å². The van der Waals surface area contributed by atoms with Crippen molar-refractivity contribution in [1.82, 2.24) is 9.55 Å². The van der Waals surface area contributed by atoms with Gasteiger partial charge in [0.25, 0.3) is 5.56 Å². The number of unbranched alkanes of at least 4 members (excludes halogenated alkanes) is 1. The van der Waals surface area contributed by atoms with E-state index in [0.29, 0.717) is 6.54 Å². The summed E-state index contributed by atoms with van der Waals surface area (Å²) in [7, 11) is 0. The van der Waals surface area contributed by atoms with Crippen molar-refractivity contribution in [3.8, 4) is 5.88 Å². The number of hydrogen-bond acceptors (Lipinski definition) is 5. The van der Waals surface area contributed by atoms with Crippen molar-refractivity contribution in [2.75, 3.05) is 5.43 Å². The van der Waals surface area contributed by atoms with Gasteiger partial charge in [0, 0.05) is 6.54 Å². The smallest absolute Gasteiger partial charge is 0.331 e. The number of aromatic hydroxyl groups is 1. The highest BCUT2D eigenvalue weighted by molar-refractivity contribution is 6.00. The summed E-state index contributed by atoms with van der Waals surface area (Å²) >= 11 is 0. The highest BCUT2D eigenvalue weighted by Crippen LogP contribution is 2.13. The van der Waals surface area contributed by atoms with Crippen molar-refractivity contribution in [2.45, 2.75) is 33.2 Å². The van der Waals surface area contributed by atoms with Crippen LogP contribution in [0.2, 0.25) is 0 Å². The van der Waals surface area contributed by atoms with Crippen molar-refractivity contribution < 1.29 is 5.11 Å². The van der Waals surface area contributed by atoms with E-state index in [1.54, 1.807) is 6.92 Å². The van der Waals surface area contributed by atoms with E-state index in [-0.39, 0.29) is 17.2 Å². The Labute approximate surface area is 133 Å². The molecule has 0 bridgehead atoms. The average Bonchev–Trinajstić information content (AvgIpc) is 2.53. The molecule has 122 valence electrons. The first-order chi connectivity index (χ1) is 11.0. The second-order valence-corrected chi connectivity index (χ2v) is 5.14. The maximum atomic E-state index is 12.0. The molecule has 3 N–H and O–H groups in total. The second-order valence-electron chi connectivity index (χ2n) is 5.14. The lowest BCUT2D eigenvalue weighted by atomic mass is 10.2. The number of rotatable bonds is 6. The molecule has 0 amide bonds. The van der Waals surface area contributed by atoms with Gasteiger partial charge in [0.1, 0.15) is 5.56 Å². The summed E-state index contributed by atoms with van der Waals surface area (Å²) in [4.78, 5) is 26.0. The average molecular weight is 316 g/mol. The third kappa shape index (κ3) is 3.88. The number of aromatic nitrogens is 2. The summed E-state index contributed by atoms with van der Waals surface area (Å²) in [5.41, 5.74) is 2.57. The number of hydrazone groups is 1. The molecule has 0 aliphatic carbocycles. The van der Waals surface area contributed by atoms with E-state index in [2.05, 4.69) is 15.5 Å². The lowest BCUT2D eigenvalue weighted by molar-refractivity contribution is 0.394. The van der Waals surface area contributed by atoms with Gasteiger partial charge >= 0.3 is 5.69 Å². The Balaban J connectivity index is 2.38. The first kappa shape index (κ1) is 16.5. The molecule has 1 aromatic heterocycles. The van der Waals surface area contributed by atoms with Gasteiger partial charge in [0.05, 0.1) is 11.4 Å². The van der Waals surface area contributed by atoms with Gasteiger partial charge in [-0.1, -0.05) is 31.5 Å². The molecule has 0 unspecified atom stereocenters. The third-order valence-electron chi connectivity index (χ3n) is 3.40. The highest BCUT2D eigenvalue weighted by Gasteiger charge is 2.16. The van der Waals surface area contributed by atoms with Crippen LogP contribution >= 0.6 is 0 Å². The minimum absolute atomic E-state index is 0.0101. The van der Waals surface area contributed by atoms with Crippen molar-refractivity contribution in [3.63, 3.8) is 0 Å². The number of nitrogens with zero attached hydrogens (tertiary/aromatic N) is 2. The molecule has 0 aliphatic rings. The first-order valence-corrected chi connectivity index (χ1v) is 7.46. The minimum atomic E-state index is -0.656. The van der Waals surface area contributed by atoms with E-state index in [0.717, 1.165) is 23.1 Å². The Kier molecular flexibility index (Phi) is 5.35. The fraction of sp³-hybridized carbons (Fsp3) is 0.312. The van der Waals surface area contributed by atoms with Crippen LogP contribution < -0.4 is 16.7 Å². The molecule has 7 heteroatoms. The summed E-state index contributed by atoms with van der Waals surface area (Å²) in [6, 6.07) is 9.22. The number of H-pyrrole nitrogens is 1. The van der Waals surface area contributed by atoms with E-state index in [9.17, 15) is 14.7 Å². The largest absolute Gasteiger partial charge is 0.494 e. The van der Waals surface area contributed by atoms with Gasteiger partial charge in [-0.25, -0.2) is 4.79 Å². The normalized spacial score (nSPS) is 11.5. The molecule has 1 aromatic carbocycles. The molecule has 0 aliphatic heterocycles. The van der Waals surface area contributed by atoms with Crippen LogP contribution in [-0.2, 0) is 6.54 Å². The lowest BCUT2D eigenvalue weighted by Gasteiger charge is -2.11. The van der Waals surface area contributed by atoms with Crippen LogP contribution in [0.5, 0.6) is 5.88 Å². The number of nitrogens with one attached hydrogen (secondary N) is 2. The van der Waals surface area contributed by atoms with Gasteiger partial charge in [-0.05, 0) is 25.5 Å². The van der Waals surface area contributed by atoms with Gasteiger partial charge in [0.2, 0.25) is 5.88 Å². The van der Waals surface area contributed by atoms with Crippen molar-refractivity contribution >= 4 is 11.4 Å². The Morgan fingerprint density at radius 1 is 1.30 bits per heavy atom. The van der Waals surface area contributed by atoms with Crippen LogP contribution in [0, 0.1) is 0 Å². The minimum Gasteiger partial charge on any atom is -0.494 e. The van der Waals surface area contributed by atoms with Crippen LogP contribution in [-0.4, -0.2) is 20.4 Å². The van der Waals surface area contributed by atoms with E-state index < -0.39 is 11.2 Å². The summed E-state index contributed by atoms with van der Waals surface area (Å²) in [5, 5.41) is 14.4. The maximum absolute atomic E-state index is 12.0. The number of para-hydroxylation sites is 1. The molecule has 1 heterocycles. The number of benzene rings is 1. The summed E-state index contributed by atoms with van der Waals surface area (Å²) in [5.74, 6) is -0.358. The molecule has 7 nitrogen and oxygen atoms in total. The Morgan fingerprint density at radius 3 is 2.65 bits per heavy atom. The van der Waals surface area contributed by atoms with Crippen LogP contribution in [0.1, 0.15) is 32.3 Å². The molecule has 23 heavy (non-hydrogen) atoms. The van der Waals surface area contributed by atoms with E-state index in [4.69, 9.17) is 0 Å². The monoisotopic (exact) mass is 316 g/mol. The standard InChI is InChI=1S/C16H20N4O3/c1-3-4-10-20-15(22)13(14(21)17-16(20)23)11(2)18-19-12-8-6-5-7-9-12/h5-9,19,22H,3-4,10H2,1-2H3,(H,17,21,23)/b18-11+. The van der Waals surface area contributed by atoms with E-state index >= 15 is 0 Å². The van der Waals surface area contributed by atoms with Crippen molar-refractivity contribution in [2.24, 2.45) is 5.10 Å². The molecule has 0 fully saturated rings. The van der Waals surface area contributed by atoms with Crippen LogP contribution in [0.3, 0.4) is 0 Å². The summed E-state index contributed by atoms with van der Waals surface area (Å²) in [6.45, 7) is 3.91. The molecular weight excluding hydrogens is 296 g/mol. The quantitative estimate of drug-likeness (QED) is 0.559. The fourth-order valence-electron chi connectivity index (χ4n) is 2.13. The van der Waals surface area contributed by atoms with Gasteiger partial charge < -0.3 is 5.11 Å². The second kappa shape index (κ2) is 7.44. The molecule has 0 atom stereocenters. The SMILES string of the molecule is CCCCn1c(O)c(/C(C)=N/Nc2ccccc2)c(=O)[nH]c1=O. The lowest BCUT2D eigenvalue weighted by Crippen LogP contribution is -2.33. The van der Waals surface area contributed by atoms with Crippen molar-refractivity contribution in [1.29, 1.82) is 0 Å². The van der Waals surface area contributed by atoms with E-state index in [1.807, 2.05) is 37.3 Å². The topological polar surface area (TPSA) is 99.5 Å². The highest BCUT2D eigenvalue weighted by atomic mass is 16.3. The zero-order chi connectivity index (χ0) is 16.8. The molecular formula is C16H20N4O3. The molecule has 0 saturated carbocycles.